The van der Waals surface area contributed by atoms with E-state index in [0.29, 0.717) is 11.3 Å². The molecular formula is C16H24ClN3. The number of hydrogen-bond acceptors (Lipinski definition) is 3. The molecule has 0 bridgehead atoms. The van der Waals surface area contributed by atoms with Crippen LogP contribution in [0.2, 0.25) is 0 Å². The van der Waals surface area contributed by atoms with Crippen molar-refractivity contribution in [3.05, 3.63) is 17.6 Å². The van der Waals surface area contributed by atoms with E-state index < -0.39 is 0 Å². The van der Waals surface area contributed by atoms with Crippen LogP contribution in [0.4, 0.5) is 5.82 Å². The predicted octanol–water partition coefficient (Wildman–Crippen LogP) is 3.96. The summed E-state index contributed by atoms with van der Waals surface area (Å²) in [6.45, 7) is 1.01. The zero-order valence-electron chi connectivity index (χ0n) is 12.1. The van der Waals surface area contributed by atoms with Gasteiger partial charge in [0.05, 0.1) is 0 Å². The van der Waals surface area contributed by atoms with Crippen molar-refractivity contribution in [1.82, 2.24) is 9.97 Å². The van der Waals surface area contributed by atoms with Crippen LogP contribution in [0.15, 0.2) is 6.33 Å². The highest BCUT2D eigenvalue weighted by atomic mass is 35.5. The summed E-state index contributed by atoms with van der Waals surface area (Å²) >= 11 is 6.28. The summed E-state index contributed by atoms with van der Waals surface area (Å²) in [5.74, 6) is 1.77. The maximum absolute atomic E-state index is 6.28. The molecule has 0 saturated heterocycles. The van der Waals surface area contributed by atoms with Gasteiger partial charge in [-0.15, -0.1) is 11.6 Å². The third kappa shape index (κ3) is 3.43. The lowest BCUT2D eigenvalue weighted by Crippen LogP contribution is -2.23. The summed E-state index contributed by atoms with van der Waals surface area (Å²) in [6, 6.07) is 0. The topological polar surface area (TPSA) is 37.8 Å². The average molecular weight is 294 g/mol. The number of aryl methyl sites for hydroxylation is 1. The molecule has 0 aromatic carbocycles. The van der Waals surface area contributed by atoms with Crippen molar-refractivity contribution in [2.24, 2.45) is 5.92 Å². The maximum Gasteiger partial charge on any atom is 0.132 e. The second-order valence-corrected chi connectivity index (χ2v) is 6.84. The lowest BCUT2D eigenvalue weighted by molar-refractivity contribution is 0.378. The first-order valence-electron chi connectivity index (χ1n) is 8.03. The van der Waals surface area contributed by atoms with E-state index in [4.69, 9.17) is 11.6 Å². The van der Waals surface area contributed by atoms with E-state index in [1.807, 2.05) is 0 Å². The Kier molecular flexibility index (Phi) is 4.77. The molecule has 1 aromatic rings. The monoisotopic (exact) mass is 293 g/mol. The minimum atomic E-state index is 0.373. The lowest BCUT2D eigenvalue weighted by Gasteiger charge is -2.26. The molecule has 1 N–H and O–H groups in total. The molecule has 1 saturated carbocycles. The summed E-state index contributed by atoms with van der Waals surface area (Å²) in [5.41, 5.74) is 2.63. The molecular weight excluding hydrogens is 270 g/mol. The Bertz CT molecular complexity index is 449. The van der Waals surface area contributed by atoms with Gasteiger partial charge < -0.3 is 5.32 Å². The minimum Gasteiger partial charge on any atom is -0.369 e. The molecule has 1 fully saturated rings. The van der Waals surface area contributed by atoms with Gasteiger partial charge in [-0.1, -0.05) is 12.8 Å². The van der Waals surface area contributed by atoms with Crippen LogP contribution in [0.25, 0.3) is 0 Å². The van der Waals surface area contributed by atoms with E-state index in [2.05, 4.69) is 15.3 Å². The van der Waals surface area contributed by atoms with Gasteiger partial charge in [-0.3, -0.25) is 0 Å². The molecule has 3 nitrogen and oxygen atoms in total. The maximum atomic E-state index is 6.28. The van der Waals surface area contributed by atoms with Crippen LogP contribution in [-0.2, 0) is 12.8 Å². The number of fused-ring (bicyclic) bond motifs is 1. The first-order chi connectivity index (χ1) is 9.83. The van der Waals surface area contributed by atoms with Crippen molar-refractivity contribution in [2.75, 3.05) is 11.9 Å². The van der Waals surface area contributed by atoms with E-state index in [1.165, 1.54) is 49.8 Å². The van der Waals surface area contributed by atoms with Crippen molar-refractivity contribution in [1.29, 1.82) is 0 Å². The van der Waals surface area contributed by atoms with Gasteiger partial charge in [-0.25, -0.2) is 9.97 Å². The zero-order valence-corrected chi connectivity index (χ0v) is 12.8. The molecule has 2 atom stereocenters. The van der Waals surface area contributed by atoms with Crippen molar-refractivity contribution in [3.63, 3.8) is 0 Å². The molecule has 1 aromatic heterocycles. The van der Waals surface area contributed by atoms with Crippen LogP contribution in [0.3, 0.4) is 0 Å². The first-order valence-corrected chi connectivity index (χ1v) is 8.47. The van der Waals surface area contributed by atoms with E-state index in [9.17, 15) is 0 Å². The fourth-order valence-electron chi connectivity index (χ4n) is 3.50. The predicted molar refractivity (Wildman–Crippen MR) is 83.4 cm³/mol. The normalized spacial score (nSPS) is 26.6. The molecule has 1 heterocycles. The van der Waals surface area contributed by atoms with Crippen molar-refractivity contribution < 1.29 is 0 Å². The van der Waals surface area contributed by atoms with Gasteiger partial charge in [0.15, 0.2) is 0 Å². The molecule has 0 radical (unpaired) electrons. The average Bonchev–Trinajstić information content (AvgIpc) is 2.71. The molecule has 0 spiro atoms. The van der Waals surface area contributed by atoms with Gasteiger partial charge >= 0.3 is 0 Å². The summed E-state index contributed by atoms with van der Waals surface area (Å²) in [4.78, 5) is 8.96. The van der Waals surface area contributed by atoms with E-state index in [-0.39, 0.29) is 0 Å². The first kappa shape index (κ1) is 14.1. The minimum absolute atomic E-state index is 0.373. The molecule has 2 aliphatic carbocycles. The van der Waals surface area contributed by atoms with E-state index in [0.717, 1.165) is 31.6 Å². The molecule has 110 valence electrons. The van der Waals surface area contributed by atoms with Crippen LogP contribution in [0, 0.1) is 5.92 Å². The van der Waals surface area contributed by atoms with Gasteiger partial charge in [-0.05, 0) is 50.9 Å². The third-order valence-electron chi connectivity index (χ3n) is 4.65. The zero-order chi connectivity index (χ0) is 13.8. The van der Waals surface area contributed by atoms with Crippen LogP contribution >= 0.6 is 11.6 Å². The summed E-state index contributed by atoms with van der Waals surface area (Å²) < 4.78 is 0. The lowest BCUT2D eigenvalue weighted by atomic mass is 9.89. The molecule has 0 aliphatic heterocycles. The fourth-order valence-corrected chi connectivity index (χ4v) is 3.91. The number of rotatable bonds is 3. The van der Waals surface area contributed by atoms with E-state index in [1.54, 1.807) is 6.33 Å². The highest BCUT2D eigenvalue weighted by molar-refractivity contribution is 6.20. The van der Waals surface area contributed by atoms with Crippen LogP contribution < -0.4 is 5.32 Å². The highest BCUT2D eigenvalue weighted by Gasteiger charge is 2.21. The SMILES string of the molecule is ClC1CCCC(CNc2ncnc3c2CCCCC3)C1. The van der Waals surface area contributed by atoms with Gasteiger partial charge in [0.25, 0.3) is 0 Å². The Labute approximate surface area is 126 Å². The van der Waals surface area contributed by atoms with Crippen LogP contribution in [0.1, 0.15) is 56.2 Å². The number of hydrogen-bond donors (Lipinski definition) is 1. The Morgan fingerprint density at radius 3 is 2.90 bits per heavy atom. The van der Waals surface area contributed by atoms with Crippen molar-refractivity contribution in [3.8, 4) is 0 Å². The number of alkyl halides is 1. The molecule has 4 heteroatoms. The largest absolute Gasteiger partial charge is 0.369 e. The van der Waals surface area contributed by atoms with Crippen LogP contribution in [-0.4, -0.2) is 21.9 Å². The van der Waals surface area contributed by atoms with Crippen molar-refractivity contribution in [2.45, 2.75) is 63.2 Å². The number of aromatic nitrogens is 2. The second kappa shape index (κ2) is 6.75. The Balaban J connectivity index is 1.65. The number of nitrogens with one attached hydrogen (secondary N) is 1. The Morgan fingerprint density at radius 1 is 1.10 bits per heavy atom. The quantitative estimate of drug-likeness (QED) is 0.677. The molecule has 2 aliphatic rings. The van der Waals surface area contributed by atoms with Gasteiger partial charge in [-0.2, -0.15) is 0 Å². The fraction of sp³-hybridized carbons (Fsp3) is 0.750. The molecule has 3 rings (SSSR count). The molecule has 2 unspecified atom stereocenters. The number of anilines is 1. The Morgan fingerprint density at radius 2 is 2.00 bits per heavy atom. The molecule has 0 amide bonds. The summed E-state index contributed by atoms with van der Waals surface area (Å²) in [7, 11) is 0. The second-order valence-electron chi connectivity index (χ2n) is 6.22. The number of nitrogens with zero attached hydrogens (tertiary/aromatic N) is 2. The molecule has 20 heavy (non-hydrogen) atoms. The van der Waals surface area contributed by atoms with Crippen LogP contribution in [0.5, 0.6) is 0 Å². The van der Waals surface area contributed by atoms with Gasteiger partial charge in [0.1, 0.15) is 12.1 Å². The summed E-state index contributed by atoms with van der Waals surface area (Å²) in [5, 5.41) is 3.95. The standard InChI is InChI=1S/C16H24ClN3/c17-13-6-4-5-12(9-13)10-18-16-14-7-2-1-3-8-15(14)19-11-20-16/h11-13H,1-10H2,(H,18,19,20). The number of halogens is 1. The third-order valence-corrected chi connectivity index (χ3v) is 5.05. The highest BCUT2D eigenvalue weighted by Crippen LogP contribution is 2.29. The smallest absolute Gasteiger partial charge is 0.132 e. The Hall–Kier alpha value is -0.830. The van der Waals surface area contributed by atoms with Crippen molar-refractivity contribution >= 4 is 17.4 Å². The summed E-state index contributed by atoms with van der Waals surface area (Å²) in [6.07, 6.45) is 12.7. The van der Waals surface area contributed by atoms with Gasteiger partial charge in [0, 0.05) is 23.2 Å². The van der Waals surface area contributed by atoms with E-state index >= 15 is 0 Å². The van der Waals surface area contributed by atoms with Gasteiger partial charge in [0.2, 0.25) is 0 Å².